The maximum atomic E-state index is 5.55. The van der Waals surface area contributed by atoms with E-state index in [0.29, 0.717) is 19.0 Å². The van der Waals surface area contributed by atoms with E-state index in [-0.39, 0.29) is 11.5 Å². The number of rotatable bonds is 5. The number of aromatic nitrogens is 3. The molecule has 2 rings (SSSR count). The molecule has 23 heavy (non-hydrogen) atoms. The van der Waals surface area contributed by atoms with Crippen molar-refractivity contribution in [2.75, 3.05) is 20.7 Å². The van der Waals surface area contributed by atoms with Crippen molar-refractivity contribution in [2.24, 2.45) is 10.4 Å². The molecular formula is C16H26N6O. The van der Waals surface area contributed by atoms with Crippen molar-refractivity contribution in [3.63, 3.8) is 0 Å². The summed E-state index contributed by atoms with van der Waals surface area (Å²) < 4.78 is 7.50. The predicted molar refractivity (Wildman–Crippen MR) is 91.4 cm³/mol. The van der Waals surface area contributed by atoms with Gasteiger partial charge in [-0.1, -0.05) is 26.8 Å². The fourth-order valence-corrected chi connectivity index (χ4v) is 2.33. The highest BCUT2D eigenvalue weighted by molar-refractivity contribution is 5.79. The molecule has 0 aliphatic rings. The van der Waals surface area contributed by atoms with Gasteiger partial charge in [0.1, 0.15) is 0 Å². The van der Waals surface area contributed by atoms with Crippen LogP contribution in [0, 0.1) is 5.41 Å². The van der Waals surface area contributed by atoms with Crippen LogP contribution in [0.25, 0.3) is 5.65 Å². The third kappa shape index (κ3) is 4.41. The van der Waals surface area contributed by atoms with Crippen molar-refractivity contribution >= 4 is 11.6 Å². The summed E-state index contributed by atoms with van der Waals surface area (Å²) in [7, 11) is 3.48. The van der Waals surface area contributed by atoms with Gasteiger partial charge >= 0.3 is 0 Å². The second-order valence-electron chi connectivity index (χ2n) is 6.44. The molecule has 0 bridgehead atoms. The van der Waals surface area contributed by atoms with E-state index < -0.39 is 0 Å². The first-order valence-electron chi connectivity index (χ1n) is 7.71. The first-order valence-corrected chi connectivity index (χ1v) is 7.71. The molecular weight excluding hydrogens is 292 g/mol. The number of guanidine groups is 1. The number of hydrogen-bond donors (Lipinski definition) is 2. The lowest BCUT2D eigenvalue weighted by atomic mass is 9.89. The normalized spacial score (nSPS) is 14.0. The Morgan fingerprint density at radius 3 is 2.74 bits per heavy atom. The largest absolute Gasteiger partial charge is 0.379 e. The average molecular weight is 318 g/mol. The molecule has 1 atom stereocenters. The summed E-state index contributed by atoms with van der Waals surface area (Å²) in [5.41, 5.74) is 0.892. The van der Waals surface area contributed by atoms with Gasteiger partial charge in [0.2, 0.25) is 0 Å². The van der Waals surface area contributed by atoms with Crippen LogP contribution in [-0.2, 0) is 11.3 Å². The van der Waals surface area contributed by atoms with Crippen LogP contribution in [0.2, 0.25) is 0 Å². The summed E-state index contributed by atoms with van der Waals surface area (Å²) in [6.07, 6.45) is 2.04. The van der Waals surface area contributed by atoms with Gasteiger partial charge in [-0.3, -0.25) is 9.39 Å². The number of nitrogens with one attached hydrogen (secondary N) is 2. The lowest BCUT2D eigenvalue weighted by Crippen LogP contribution is -2.45. The van der Waals surface area contributed by atoms with Crippen molar-refractivity contribution in [3.8, 4) is 0 Å². The van der Waals surface area contributed by atoms with E-state index in [2.05, 4.69) is 46.6 Å². The van der Waals surface area contributed by atoms with E-state index in [9.17, 15) is 0 Å². The van der Waals surface area contributed by atoms with E-state index in [1.165, 1.54) is 0 Å². The molecule has 1 unspecified atom stereocenters. The first-order chi connectivity index (χ1) is 11.0. The predicted octanol–water partition coefficient (Wildman–Crippen LogP) is 1.46. The molecule has 2 aromatic heterocycles. The lowest BCUT2D eigenvalue weighted by Gasteiger charge is -2.30. The molecule has 0 radical (unpaired) electrons. The standard InChI is InChI=1S/C16H26N6O/c1-16(2,3)12(23-5)10-18-15(17-4)19-11-14-21-20-13-8-6-7-9-22(13)14/h6-9,12H,10-11H2,1-5H3,(H2,17,18,19). The lowest BCUT2D eigenvalue weighted by molar-refractivity contribution is 0.0205. The highest BCUT2D eigenvalue weighted by atomic mass is 16.5. The second-order valence-corrected chi connectivity index (χ2v) is 6.44. The fraction of sp³-hybridized carbons (Fsp3) is 0.562. The topological polar surface area (TPSA) is 75.8 Å². The van der Waals surface area contributed by atoms with Gasteiger partial charge in [-0.05, 0) is 17.5 Å². The number of fused-ring (bicyclic) bond motifs is 1. The Morgan fingerprint density at radius 2 is 2.09 bits per heavy atom. The minimum absolute atomic E-state index is 0.0593. The van der Waals surface area contributed by atoms with Crippen molar-refractivity contribution in [1.29, 1.82) is 0 Å². The number of pyridine rings is 1. The molecule has 0 amide bonds. The van der Waals surface area contributed by atoms with Crippen molar-refractivity contribution in [1.82, 2.24) is 25.2 Å². The third-order valence-electron chi connectivity index (χ3n) is 3.73. The summed E-state index contributed by atoms with van der Waals surface area (Å²) in [5, 5.41) is 14.9. The number of ether oxygens (including phenoxy) is 1. The fourth-order valence-electron chi connectivity index (χ4n) is 2.33. The van der Waals surface area contributed by atoms with Gasteiger partial charge < -0.3 is 15.4 Å². The third-order valence-corrected chi connectivity index (χ3v) is 3.73. The van der Waals surface area contributed by atoms with Gasteiger partial charge in [-0.2, -0.15) is 0 Å². The molecule has 0 aliphatic heterocycles. The van der Waals surface area contributed by atoms with Crippen LogP contribution in [0.15, 0.2) is 29.4 Å². The average Bonchev–Trinajstić information content (AvgIpc) is 2.93. The molecule has 7 nitrogen and oxygen atoms in total. The maximum Gasteiger partial charge on any atom is 0.191 e. The van der Waals surface area contributed by atoms with E-state index >= 15 is 0 Å². The van der Waals surface area contributed by atoms with Gasteiger partial charge in [0.25, 0.3) is 0 Å². The molecule has 0 saturated carbocycles. The molecule has 0 spiro atoms. The Kier molecular flexibility index (Phi) is 5.54. The molecule has 0 aromatic carbocycles. The molecule has 0 fully saturated rings. The van der Waals surface area contributed by atoms with E-state index in [0.717, 1.165) is 11.5 Å². The zero-order valence-corrected chi connectivity index (χ0v) is 14.5. The summed E-state index contributed by atoms with van der Waals surface area (Å²) in [6.45, 7) is 7.68. The number of methoxy groups -OCH3 is 1. The van der Waals surface area contributed by atoms with Gasteiger partial charge in [0, 0.05) is 26.9 Å². The van der Waals surface area contributed by atoms with E-state index in [4.69, 9.17) is 4.74 Å². The molecule has 2 aromatic rings. The van der Waals surface area contributed by atoms with Gasteiger partial charge in [0.15, 0.2) is 17.4 Å². The van der Waals surface area contributed by atoms with E-state index in [1.807, 2.05) is 28.8 Å². The molecule has 0 aliphatic carbocycles. The smallest absolute Gasteiger partial charge is 0.191 e. The zero-order chi connectivity index (χ0) is 16.9. The molecule has 2 heterocycles. The zero-order valence-electron chi connectivity index (χ0n) is 14.5. The van der Waals surface area contributed by atoms with Gasteiger partial charge in [0.05, 0.1) is 12.6 Å². The Hall–Kier alpha value is -2.15. The quantitative estimate of drug-likeness (QED) is 0.645. The van der Waals surface area contributed by atoms with Crippen molar-refractivity contribution < 1.29 is 4.74 Å². The monoisotopic (exact) mass is 318 g/mol. The van der Waals surface area contributed by atoms with E-state index in [1.54, 1.807) is 14.2 Å². The van der Waals surface area contributed by atoms with Crippen LogP contribution in [0.5, 0.6) is 0 Å². The Bertz CT molecular complexity index is 658. The Labute approximate surface area is 137 Å². The maximum absolute atomic E-state index is 5.55. The van der Waals surface area contributed by atoms with Gasteiger partial charge in [-0.25, -0.2) is 0 Å². The summed E-state index contributed by atoms with van der Waals surface area (Å²) in [4.78, 5) is 4.24. The summed E-state index contributed by atoms with van der Waals surface area (Å²) >= 11 is 0. The van der Waals surface area contributed by atoms with Crippen LogP contribution in [0.4, 0.5) is 0 Å². The minimum Gasteiger partial charge on any atom is -0.379 e. The van der Waals surface area contributed by atoms with Crippen molar-refractivity contribution in [3.05, 3.63) is 30.2 Å². The van der Waals surface area contributed by atoms with Crippen LogP contribution >= 0.6 is 0 Å². The summed E-state index contributed by atoms with van der Waals surface area (Å²) in [5.74, 6) is 1.55. The minimum atomic E-state index is 0.0593. The van der Waals surface area contributed by atoms with Crippen molar-refractivity contribution in [2.45, 2.75) is 33.4 Å². The molecule has 2 N–H and O–H groups in total. The van der Waals surface area contributed by atoms with Crippen LogP contribution < -0.4 is 10.6 Å². The highest BCUT2D eigenvalue weighted by Gasteiger charge is 2.24. The van der Waals surface area contributed by atoms with Crippen LogP contribution in [0.1, 0.15) is 26.6 Å². The summed E-state index contributed by atoms with van der Waals surface area (Å²) in [6, 6.07) is 5.83. The SMILES string of the molecule is CN=C(NCc1nnc2ccccn12)NCC(OC)C(C)(C)C. The number of hydrogen-bond acceptors (Lipinski definition) is 4. The molecule has 126 valence electrons. The molecule has 0 saturated heterocycles. The van der Waals surface area contributed by atoms with Gasteiger partial charge in [-0.15, -0.1) is 10.2 Å². The number of nitrogens with zero attached hydrogens (tertiary/aromatic N) is 4. The highest BCUT2D eigenvalue weighted by Crippen LogP contribution is 2.20. The Morgan fingerprint density at radius 1 is 1.30 bits per heavy atom. The number of aliphatic imine (C=N–C) groups is 1. The second kappa shape index (κ2) is 7.41. The Balaban J connectivity index is 1.93. The van der Waals surface area contributed by atoms with Crippen LogP contribution in [0.3, 0.4) is 0 Å². The molecule has 7 heteroatoms. The van der Waals surface area contributed by atoms with Crippen LogP contribution in [-0.4, -0.2) is 47.4 Å². The first kappa shape index (κ1) is 17.2.